The Morgan fingerprint density at radius 2 is 1.63 bits per heavy atom. The summed E-state index contributed by atoms with van der Waals surface area (Å²) in [7, 11) is 0. The molecule has 1 aliphatic rings. The van der Waals surface area contributed by atoms with Crippen LogP contribution < -0.4 is 26.4 Å². The van der Waals surface area contributed by atoms with Crippen LogP contribution in [0.3, 0.4) is 0 Å². The van der Waals surface area contributed by atoms with Crippen molar-refractivity contribution in [3.8, 4) is 11.3 Å². The van der Waals surface area contributed by atoms with Crippen molar-refractivity contribution in [2.45, 2.75) is 12.5 Å². The number of morpholine rings is 1. The Bertz CT molecular complexity index is 1770. The first-order valence-corrected chi connectivity index (χ1v) is 13.4. The lowest BCUT2D eigenvalue weighted by Gasteiger charge is -2.31. The van der Waals surface area contributed by atoms with E-state index >= 15 is 0 Å². The van der Waals surface area contributed by atoms with Crippen LogP contribution in [0.4, 0.5) is 22.9 Å². The van der Waals surface area contributed by atoms with Crippen LogP contribution in [0.2, 0.25) is 0 Å². The highest BCUT2D eigenvalue weighted by molar-refractivity contribution is 5.96. The summed E-state index contributed by atoms with van der Waals surface area (Å²) in [5.74, 6) is -0.392. The molecule has 1 saturated heterocycles. The number of carbonyl (C=O) groups is 1. The Morgan fingerprint density at radius 1 is 0.927 bits per heavy atom. The monoisotopic (exact) mass is 548 g/mol. The fourth-order valence-electron chi connectivity index (χ4n) is 5.12. The van der Waals surface area contributed by atoms with Crippen molar-refractivity contribution in [3.63, 3.8) is 0 Å². The molecule has 0 aliphatic carbocycles. The minimum atomic E-state index is -1.11. The van der Waals surface area contributed by atoms with Crippen LogP contribution in [0.5, 0.6) is 0 Å². The molecular weight excluding hydrogens is 520 g/mol. The summed E-state index contributed by atoms with van der Waals surface area (Å²) in [5.41, 5.74) is 2.48. The standard InChI is InChI=1S/C32H28N4O5/c37-29-27(28(30(29)38)36-14-16-41-17-15-36)34-26(32(39)40)18-20-10-12-23(13-11-20)33-31-24-9-5-4-8-22(24)19-25(35-31)21-6-2-1-3-7-21/h1-13,19,26,34H,14-18H2,(H,33,35)(H,39,40)/t26-/m0/s1. The van der Waals surface area contributed by atoms with Gasteiger partial charge in [-0.1, -0.05) is 66.7 Å². The lowest BCUT2D eigenvalue weighted by Crippen LogP contribution is -2.48. The van der Waals surface area contributed by atoms with Crippen molar-refractivity contribution in [2.24, 2.45) is 0 Å². The number of rotatable bonds is 9. The summed E-state index contributed by atoms with van der Waals surface area (Å²) < 4.78 is 5.32. The maximum absolute atomic E-state index is 12.3. The topological polar surface area (TPSA) is 121 Å². The van der Waals surface area contributed by atoms with Crippen LogP contribution >= 0.6 is 0 Å². The number of aromatic nitrogens is 1. The van der Waals surface area contributed by atoms with E-state index in [0.29, 0.717) is 26.3 Å². The van der Waals surface area contributed by atoms with Gasteiger partial charge in [0.25, 0.3) is 10.9 Å². The summed E-state index contributed by atoms with van der Waals surface area (Å²) in [6, 6.07) is 26.4. The Kier molecular flexibility index (Phi) is 7.18. The van der Waals surface area contributed by atoms with Crippen molar-refractivity contribution in [2.75, 3.05) is 41.8 Å². The molecule has 1 aromatic heterocycles. The van der Waals surface area contributed by atoms with Gasteiger partial charge in [-0.2, -0.15) is 0 Å². The molecule has 2 heterocycles. The molecule has 1 atom stereocenters. The van der Waals surface area contributed by atoms with Crippen LogP contribution in [-0.4, -0.2) is 48.4 Å². The van der Waals surface area contributed by atoms with Crippen molar-refractivity contribution in [3.05, 3.63) is 111 Å². The average molecular weight is 549 g/mol. The van der Waals surface area contributed by atoms with Crippen LogP contribution in [0.25, 0.3) is 22.0 Å². The van der Waals surface area contributed by atoms with Crippen LogP contribution in [0.15, 0.2) is 94.5 Å². The van der Waals surface area contributed by atoms with Gasteiger partial charge in [-0.3, -0.25) is 9.59 Å². The normalized spacial score (nSPS) is 14.2. The number of pyridine rings is 1. The van der Waals surface area contributed by atoms with Crippen molar-refractivity contribution >= 4 is 39.6 Å². The molecule has 9 nitrogen and oxygen atoms in total. The summed E-state index contributed by atoms with van der Waals surface area (Å²) in [4.78, 5) is 43.3. The number of carboxylic acid groups (broad SMARTS) is 1. The molecule has 0 radical (unpaired) electrons. The largest absolute Gasteiger partial charge is 0.480 e. The van der Waals surface area contributed by atoms with E-state index < -0.39 is 22.9 Å². The molecule has 206 valence electrons. The predicted molar refractivity (Wildman–Crippen MR) is 160 cm³/mol. The van der Waals surface area contributed by atoms with Crippen LogP contribution in [0.1, 0.15) is 5.56 Å². The maximum Gasteiger partial charge on any atom is 0.326 e. The number of ether oxygens (including phenoxy) is 1. The second-order valence-electron chi connectivity index (χ2n) is 9.99. The number of carboxylic acids is 1. The summed E-state index contributed by atoms with van der Waals surface area (Å²) >= 11 is 0. The summed E-state index contributed by atoms with van der Waals surface area (Å²) in [6.07, 6.45) is 0.127. The molecule has 1 aliphatic heterocycles. The van der Waals surface area contributed by atoms with E-state index in [4.69, 9.17) is 9.72 Å². The van der Waals surface area contributed by atoms with E-state index in [0.717, 1.165) is 39.1 Å². The third-order valence-corrected chi connectivity index (χ3v) is 7.30. The summed E-state index contributed by atoms with van der Waals surface area (Å²) in [6.45, 7) is 1.85. The van der Waals surface area contributed by atoms with Crippen molar-refractivity contribution in [1.82, 2.24) is 4.98 Å². The molecule has 6 rings (SSSR count). The smallest absolute Gasteiger partial charge is 0.326 e. The Labute approximate surface area is 235 Å². The second kappa shape index (κ2) is 11.2. The van der Waals surface area contributed by atoms with Crippen LogP contribution in [-0.2, 0) is 16.0 Å². The number of anilines is 4. The van der Waals surface area contributed by atoms with E-state index in [2.05, 4.69) is 22.8 Å². The molecule has 0 bridgehead atoms. The first-order chi connectivity index (χ1) is 20.0. The van der Waals surface area contributed by atoms with E-state index in [1.165, 1.54) is 0 Å². The lowest BCUT2D eigenvalue weighted by molar-refractivity contribution is -0.137. The summed E-state index contributed by atoms with van der Waals surface area (Å²) in [5, 5.41) is 18.2. The maximum atomic E-state index is 12.3. The number of hydrogen-bond donors (Lipinski definition) is 3. The number of benzene rings is 3. The molecule has 4 aromatic carbocycles. The van der Waals surface area contributed by atoms with Gasteiger partial charge < -0.3 is 25.4 Å². The zero-order chi connectivity index (χ0) is 28.3. The fourth-order valence-corrected chi connectivity index (χ4v) is 5.12. The molecule has 1 fully saturated rings. The van der Waals surface area contributed by atoms with Gasteiger partial charge in [0.05, 0.1) is 18.9 Å². The van der Waals surface area contributed by atoms with Gasteiger partial charge in [0.15, 0.2) is 0 Å². The van der Waals surface area contributed by atoms with Crippen LogP contribution in [0, 0.1) is 0 Å². The lowest BCUT2D eigenvalue weighted by atomic mass is 10.0. The molecular formula is C32H28N4O5. The first-order valence-electron chi connectivity index (χ1n) is 13.4. The molecule has 9 heteroatoms. The Balaban J connectivity index is 1.21. The average Bonchev–Trinajstić information content (AvgIpc) is 3.01. The van der Waals surface area contributed by atoms with Crippen molar-refractivity contribution < 1.29 is 14.6 Å². The first kappa shape index (κ1) is 26.2. The molecule has 41 heavy (non-hydrogen) atoms. The molecule has 0 amide bonds. The molecule has 0 unspecified atom stereocenters. The van der Waals surface area contributed by atoms with Gasteiger partial charge in [-0.25, -0.2) is 9.78 Å². The Morgan fingerprint density at radius 3 is 2.37 bits per heavy atom. The van der Waals surface area contributed by atoms with E-state index in [-0.39, 0.29) is 17.8 Å². The molecule has 5 aromatic rings. The van der Waals surface area contributed by atoms with Gasteiger partial charge >= 0.3 is 5.97 Å². The minimum absolute atomic E-state index is 0.0684. The third kappa shape index (κ3) is 5.39. The second-order valence-corrected chi connectivity index (χ2v) is 9.99. The highest BCUT2D eigenvalue weighted by atomic mass is 16.5. The zero-order valence-electron chi connectivity index (χ0n) is 22.2. The highest BCUT2D eigenvalue weighted by Crippen LogP contribution is 2.30. The number of nitrogens with zero attached hydrogens (tertiary/aromatic N) is 2. The van der Waals surface area contributed by atoms with E-state index in [1.54, 1.807) is 4.90 Å². The quantitative estimate of drug-likeness (QED) is 0.233. The number of aliphatic carboxylic acids is 1. The fraction of sp³-hybridized carbons (Fsp3) is 0.188. The van der Waals surface area contributed by atoms with Gasteiger partial charge in [-0.15, -0.1) is 0 Å². The van der Waals surface area contributed by atoms with Gasteiger partial charge in [-0.05, 0) is 29.1 Å². The van der Waals surface area contributed by atoms with E-state index in [1.807, 2.05) is 72.8 Å². The molecule has 0 saturated carbocycles. The molecule has 0 spiro atoms. The minimum Gasteiger partial charge on any atom is -0.480 e. The van der Waals surface area contributed by atoms with Gasteiger partial charge in [0.2, 0.25) is 0 Å². The number of hydrogen-bond acceptors (Lipinski definition) is 8. The van der Waals surface area contributed by atoms with Gasteiger partial charge in [0.1, 0.15) is 23.2 Å². The Hall–Kier alpha value is -5.02. The van der Waals surface area contributed by atoms with E-state index in [9.17, 15) is 19.5 Å². The van der Waals surface area contributed by atoms with Crippen molar-refractivity contribution in [1.29, 1.82) is 0 Å². The number of nitrogens with one attached hydrogen (secondary N) is 2. The number of fused-ring (bicyclic) bond motifs is 1. The zero-order valence-corrected chi connectivity index (χ0v) is 22.2. The SMILES string of the molecule is O=C(O)[C@H](Cc1ccc(Nc2nc(-c3ccccc3)cc3ccccc23)cc1)Nc1c(N2CCOCC2)c(=O)c1=O. The van der Waals surface area contributed by atoms with Gasteiger partial charge in [0, 0.05) is 36.1 Å². The predicted octanol–water partition coefficient (Wildman–Crippen LogP) is 4.19. The third-order valence-electron chi connectivity index (χ3n) is 7.30. The molecule has 3 N–H and O–H groups in total. The highest BCUT2D eigenvalue weighted by Gasteiger charge is 2.30.